The summed E-state index contributed by atoms with van der Waals surface area (Å²) in [4.78, 5) is 12.1. The fourth-order valence-corrected chi connectivity index (χ4v) is 2.85. The van der Waals surface area contributed by atoms with Crippen molar-refractivity contribution in [2.45, 2.75) is 19.9 Å². The molecule has 6 heteroatoms. The minimum atomic E-state index is -0.421. The zero-order valence-electron chi connectivity index (χ0n) is 14.3. The van der Waals surface area contributed by atoms with Crippen molar-refractivity contribution in [3.05, 3.63) is 52.8 Å². The molecule has 2 aromatic rings. The van der Waals surface area contributed by atoms with E-state index in [-0.39, 0.29) is 18.1 Å². The normalized spacial score (nSPS) is 13.1. The number of aryl methyl sites for hydroxylation is 1. The van der Waals surface area contributed by atoms with E-state index in [4.69, 9.17) is 9.47 Å². The molecule has 0 spiro atoms. The van der Waals surface area contributed by atoms with E-state index in [0.29, 0.717) is 30.0 Å². The van der Waals surface area contributed by atoms with Gasteiger partial charge in [-0.15, -0.1) is 0 Å². The minimum Gasteiger partial charge on any atom is -0.493 e. The molecule has 2 N–H and O–H groups in total. The van der Waals surface area contributed by atoms with E-state index in [1.807, 2.05) is 25.1 Å². The van der Waals surface area contributed by atoms with Crippen molar-refractivity contribution in [3.63, 3.8) is 0 Å². The van der Waals surface area contributed by atoms with Crippen LogP contribution in [-0.2, 0) is 17.8 Å². The van der Waals surface area contributed by atoms with Crippen LogP contribution in [-0.4, -0.2) is 26.2 Å². The van der Waals surface area contributed by atoms with Crippen LogP contribution in [0.4, 0.5) is 10.1 Å². The highest BCUT2D eigenvalue weighted by atomic mass is 19.1. The quantitative estimate of drug-likeness (QED) is 0.876. The minimum absolute atomic E-state index is 0.185. The number of hydrogen-bond donors (Lipinski definition) is 2. The van der Waals surface area contributed by atoms with Gasteiger partial charge >= 0.3 is 0 Å². The molecule has 0 saturated carbocycles. The number of amides is 1. The largest absolute Gasteiger partial charge is 0.493 e. The Balaban J connectivity index is 1.65. The van der Waals surface area contributed by atoms with Crippen LogP contribution in [0.3, 0.4) is 0 Å². The number of ether oxygens (including phenoxy) is 2. The molecule has 2 aromatic carbocycles. The Hall–Kier alpha value is -2.60. The summed E-state index contributed by atoms with van der Waals surface area (Å²) in [7, 11) is 1.54. The maximum atomic E-state index is 14.5. The molecule has 0 saturated heterocycles. The Labute approximate surface area is 146 Å². The Morgan fingerprint density at radius 1 is 1.28 bits per heavy atom. The summed E-state index contributed by atoms with van der Waals surface area (Å²) in [5.74, 6) is 0.246. The predicted molar refractivity (Wildman–Crippen MR) is 93.7 cm³/mol. The summed E-state index contributed by atoms with van der Waals surface area (Å²) in [5, 5.41) is 5.77. The lowest BCUT2D eigenvalue weighted by Crippen LogP contribution is -2.26. The monoisotopic (exact) mass is 344 g/mol. The molecular weight excluding hydrogens is 323 g/mol. The molecule has 0 unspecified atom stereocenters. The van der Waals surface area contributed by atoms with Gasteiger partial charge in [-0.1, -0.05) is 12.1 Å². The van der Waals surface area contributed by atoms with Gasteiger partial charge in [0.25, 0.3) is 5.91 Å². The number of rotatable bonds is 5. The van der Waals surface area contributed by atoms with Gasteiger partial charge in [-0.25, -0.2) is 4.39 Å². The number of halogens is 1. The van der Waals surface area contributed by atoms with Crippen LogP contribution in [0.1, 0.15) is 16.7 Å². The average Bonchev–Trinajstić information content (AvgIpc) is 2.63. The van der Waals surface area contributed by atoms with Crippen LogP contribution in [0.25, 0.3) is 0 Å². The molecule has 1 heterocycles. The third-order valence-corrected chi connectivity index (χ3v) is 4.16. The third kappa shape index (κ3) is 3.91. The van der Waals surface area contributed by atoms with Crippen molar-refractivity contribution in [2.24, 2.45) is 0 Å². The number of hydrogen-bond acceptors (Lipinski definition) is 4. The molecule has 25 heavy (non-hydrogen) atoms. The van der Waals surface area contributed by atoms with E-state index in [1.54, 1.807) is 19.2 Å². The van der Waals surface area contributed by atoms with Crippen molar-refractivity contribution in [1.82, 2.24) is 5.32 Å². The maximum Gasteiger partial charge on any atom is 0.262 e. The number of carbonyl (C=O) groups is 1. The fraction of sp³-hybridized carbons (Fsp3) is 0.316. The van der Waals surface area contributed by atoms with Gasteiger partial charge in [-0.3, -0.25) is 4.79 Å². The average molecular weight is 344 g/mol. The summed E-state index contributed by atoms with van der Waals surface area (Å²) in [6, 6.07) is 8.86. The van der Waals surface area contributed by atoms with Crippen LogP contribution in [0.2, 0.25) is 0 Å². The van der Waals surface area contributed by atoms with Gasteiger partial charge in [0.2, 0.25) is 0 Å². The zero-order chi connectivity index (χ0) is 17.8. The van der Waals surface area contributed by atoms with Gasteiger partial charge < -0.3 is 20.1 Å². The van der Waals surface area contributed by atoms with Crippen molar-refractivity contribution in [2.75, 3.05) is 25.6 Å². The standard InChI is InChI=1S/C19H21FN2O3/c1-12-3-6-16(17(9-12)24-2)25-11-18(23)22-15-5-4-13-10-21-8-7-14(13)19(15)20/h3-6,9,21H,7-8,10-11H2,1-2H3,(H,22,23). The molecule has 132 valence electrons. The van der Waals surface area contributed by atoms with E-state index in [0.717, 1.165) is 17.7 Å². The van der Waals surface area contributed by atoms with Gasteiger partial charge in [0.05, 0.1) is 12.8 Å². The SMILES string of the molecule is COc1cc(C)ccc1OCC(=O)Nc1ccc2c(c1F)CCNC2. The number of benzene rings is 2. The lowest BCUT2D eigenvalue weighted by molar-refractivity contribution is -0.118. The van der Waals surface area contributed by atoms with Gasteiger partial charge in [-0.2, -0.15) is 0 Å². The van der Waals surface area contributed by atoms with Crippen molar-refractivity contribution in [3.8, 4) is 11.5 Å². The first-order chi connectivity index (χ1) is 12.1. The van der Waals surface area contributed by atoms with E-state index in [2.05, 4.69) is 10.6 Å². The molecule has 1 aliphatic heterocycles. The number of anilines is 1. The van der Waals surface area contributed by atoms with Gasteiger partial charge in [0.1, 0.15) is 5.82 Å². The van der Waals surface area contributed by atoms with Crippen LogP contribution < -0.4 is 20.1 Å². The van der Waals surface area contributed by atoms with Crippen LogP contribution in [0.15, 0.2) is 30.3 Å². The van der Waals surface area contributed by atoms with Crippen molar-refractivity contribution >= 4 is 11.6 Å². The molecule has 0 bridgehead atoms. The molecule has 0 aliphatic carbocycles. The summed E-state index contributed by atoms with van der Waals surface area (Å²) in [6.45, 7) is 3.10. The molecule has 0 radical (unpaired) electrons. The Morgan fingerprint density at radius 2 is 2.12 bits per heavy atom. The summed E-state index contributed by atoms with van der Waals surface area (Å²) < 4.78 is 25.3. The molecular formula is C19H21FN2O3. The van der Waals surface area contributed by atoms with Crippen LogP contribution >= 0.6 is 0 Å². The van der Waals surface area contributed by atoms with Crippen LogP contribution in [0, 0.1) is 12.7 Å². The van der Waals surface area contributed by atoms with E-state index >= 15 is 0 Å². The van der Waals surface area contributed by atoms with Gasteiger partial charge in [-0.05, 0) is 54.8 Å². The highest BCUT2D eigenvalue weighted by Gasteiger charge is 2.18. The molecule has 3 rings (SSSR count). The first kappa shape index (κ1) is 17.2. The Morgan fingerprint density at radius 3 is 2.92 bits per heavy atom. The number of methoxy groups -OCH3 is 1. The topological polar surface area (TPSA) is 59.6 Å². The van der Waals surface area contributed by atoms with E-state index < -0.39 is 5.91 Å². The fourth-order valence-electron chi connectivity index (χ4n) is 2.85. The first-order valence-electron chi connectivity index (χ1n) is 8.16. The van der Waals surface area contributed by atoms with Gasteiger partial charge in [0.15, 0.2) is 18.1 Å². The smallest absolute Gasteiger partial charge is 0.262 e. The molecule has 1 amide bonds. The Kier molecular flexibility index (Phi) is 5.19. The molecule has 0 fully saturated rings. The number of fused-ring (bicyclic) bond motifs is 1. The molecule has 5 nitrogen and oxygen atoms in total. The first-order valence-corrected chi connectivity index (χ1v) is 8.16. The lowest BCUT2D eigenvalue weighted by atomic mass is 9.99. The highest BCUT2D eigenvalue weighted by Crippen LogP contribution is 2.28. The molecule has 1 aliphatic rings. The maximum absolute atomic E-state index is 14.5. The second-order valence-electron chi connectivity index (χ2n) is 5.98. The second-order valence-corrected chi connectivity index (χ2v) is 5.98. The van der Waals surface area contributed by atoms with Crippen molar-refractivity contribution in [1.29, 1.82) is 0 Å². The van der Waals surface area contributed by atoms with Crippen LogP contribution in [0.5, 0.6) is 11.5 Å². The third-order valence-electron chi connectivity index (χ3n) is 4.16. The summed E-state index contributed by atoms with van der Waals surface area (Å²) >= 11 is 0. The number of carbonyl (C=O) groups excluding carboxylic acids is 1. The number of nitrogens with one attached hydrogen (secondary N) is 2. The van der Waals surface area contributed by atoms with Gasteiger partial charge in [0, 0.05) is 6.54 Å². The lowest BCUT2D eigenvalue weighted by Gasteiger charge is -2.19. The van der Waals surface area contributed by atoms with E-state index in [1.165, 1.54) is 0 Å². The molecule has 0 aromatic heterocycles. The predicted octanol–water partition coefficient (Wildman–Crippen LogP) is 2.81. The second kappa shape index (κ2) is 7.53. The Bertz CT molecular complexity index is 792. The highest BCUT2D eigenvalue weighted by molar-refractivity contribution is 5.92. The van der Waals surface area contributed by atoms with Crippen molar-refractivity contribution < 1.29 is 18.7 Å². The zero-order valence-corrected chi connectivity index (χ0v) is 14.3. The molecule has 0 atom stereocenters. The summed E-state index contributed by atoms with van der Waals surface area (Å²) in [5.41, 5.74) is 2.81. The summed E-state index contributed by atoms with van der Waals surface area (Å²) in [6.07, 6.45) is 0.613. The van der Waals surface area contributed by atoms with E-state index in [9.17, 15) is 9.18 Å².